The first-order valence-electron chi connectivity index (χ1n) is 9.75. The third-order valence-corrected chi connectivity index (χ3v) is 5.45. The van der Waals surface area contributed by atoms with Gasteiger partial charge in [0.2, 0.25) is 0 Å². The maximum atomic E-state index is 13.3. The number of likely N-dealkylation sites (N-methyl/N-ethyl adjacent to an activating group) is 1. The number of pyridine rings is 1. The minimum atomic E-state index is -0.274. The Morgan fingerprint density at radius 1 is 1.00 bits per heavy atom. The van der Waals surface area contributed by atoms with Crippen LogP contribution in [0.3, 0.4) is 0 Å². The molecule has 2 aromatic carbocycles. The topological polar surface area (TPSA) is 41.0 Å². The lowest BCUT2D eigenvalue weighted by Crippen LogP contribution is -2.31. The smallest absolute Gasteiger partial charge is 0.260 e. The fourth-order valence-electron chi connectivity index (χ4n) is 3.80. The molecule has 0 fully saturated rings. The Kier molecular flexibility index (Phi) is 5.01. The Morgan fingerprint density at radius 3 is 2.43 bits per heavy atom. The van der Waals surface area contributed by atoms with Gasteiger partial charge in [-0.05, 0) is 55.1 Å². The highest BCUT2D eigenvalue weighted by atomic mass is 19.1. The molecule has 28 heavy (non-hydrogen) atoms. The molecule has 2 aromatic heterocycles. The largest absolute Gasteiger partial charge is 0.354 e. The quantitative estimate of drug-likeness (QED) is 0.532. The van der Waals surface area contributed by atoms with Crippen LogP contribution in [0, 0.1) is 5.82 Å². The molecule has 0 spiro atoms. The van der Waals surface area contributed by atoms with E-state index in [0.717, 1.165) is 47.3 Å². The van der Waals surface area contributed by atoms with Gasteiger partial charge in [0.05, 0.1) is 16.4 Å². The maximum absolute atomic E-state index is 13.3. The number of benzene rings is 2. The number of aromatic amines is 1. The standard InChI is InChI=1S/C23H24FN3O/c1-3-26(4-2)13-14-27-21-8-6-5-7-18(21)22-19(23(27)28)15-20(25-22)16-9-11-17(24)12-10-16/h5-12,15,25H,3-4,13-14H2,1-2H3. The van der Waals surface area contributed by atoms with E-state index in [1.165, 1.54) is 12.1 Å². The summed E-state index contributed by atoms with van der Waals surface area (Å²) in [6, 6.07) is 16.2. The predicted octanol–water partition coefficient (Wildman–Crippen LogP) is 4.63. The fourth-order valence-corrected chi connectivity index (χ4v) is 3.80. The summed E-state index contributed by atoms with van der Waals surface area (Å²) >= 11 is 0. The van der Waals surface area contributed by atoms with E-state index in [1.54, 1.807) is 12.1 Å². The van der Waals surface area contributed by atoms with E-state index in [-0.39, 0.29) is 11.4 Å². The Morgan fingerprint density at radius 2 is 1.71 bits per heavy atom. The molecular formula is C23H24FN3O. The van der Waals surface area contributed by atoms with Crippen molar-refractivity contribution in [2.45, 2.75) is 20.4 Å². The lowest BCUT2D eigenvalue weighted by atomic mass is 10.1. The van der Waals surface area contributed by atoms with Gasteiger partial charge in [0, 0.05) is 24.2 Å². The summed E-state index contributed by atoms with van der Waals surface area (Å²) in [4.78, 5) is 19.0. The number of nitrogens with one attached hydrogen (secondary N) is 1. The third-order valence-electron chi connectivity index (χ3n) is 5.45. The van der Waals surface area contributed by atoms with Crippen LogP contribution in [0.2, 0.25) is 0 Å². The van der Waals surface area contributed by atoms with Gasteiger partial charge in [0.25, 0.3) is 5.56 Å². The van der Waals surface area contributed by atoms with Crippen LogP contribution in [0.15, 0.2) is 59.4 Å². The van der Waals surface area contributed by atoms with Crippen molar-refractivity contribution in [2.24, 2.45) is 0 Å². The van der Waals surface area contributed by atoms with Crippen LogP contribution in [0.1, 0.15) is 13.8 Å². The van der Waals surface area contributed by atoms with E-state index >= 15 is 0 Å². The summed E-state index contributed by atoms with van der Waals surface area (Å²) in [6.45, 7) is 7.67. The van der Waals surface area contributed by atoms with Gasteiger partial charge in [-0.25, -0.2) is 4.39 Å². The summed E-state index contributed by atoms with van der Waals surface area (Å²) in [5.74, 6) is -0.274. The molecule has 0 saturated heterocycles. The zero-order chi connectivity index (χ0) is 19.7. The summed E-state index contributed by atoms with van der Waals surface area (Å²) in [5, 5.41) is 1.68. The van der Waals surface area contributed by atoms with Crippen LogP contribution in [-0.4, -0.2) is 34.1 Å². The Hall–Kier alpha value is -2.92. The second kappa shape index (κ2) is 7.60. The van der Waals surface area contributed by atoms with Crippen LogP contribution < -0.4 is 5.56 Å². The number of rotatable bonds is 6. The van der Waals surface area contributed by atoms with Gasteiger partial charge in [-0.3, -0.25) is 4.79 Å². The Balaban J connectivity index is 1.89. The molecule has 4 rings (SSSR count). The monoisotopic (exact) mass is 377 g/mol. The fraction of sp³-hybridized carbons (Fsp3) is 0.261. The van der Waals surface area contributed by atoms with Crippen molar-refractivity contribution in [1.82, 2.24) is 14.5 Å². The van der Waals surface area contributed by atoms with Crippen molar-refractivity contribution >= 4 is 21.8 Å². The molecule has 144 valence electrons. The zero-order valence-electron chi connectivity index (χ0n) is 16.2. The average Bonchev–Trinajstić information content (AvgIpc) is 3.17. The van der Waals surface area contributed by atoms with Crippen LogP contribution >= 0.6 is 0 Å². The van der Waals surface area contributed by atoms with Crippen molar-refractivity contribution in [2.75, 3.05) is 19.6 Å². The highest BCUT2D eigenvalue weighted by Gasteiger charge is 2.14. The summed E-state index contributed by atoms with van der Waals surface area (Å²) in [7, 11) is 0. The lowest BCUT2D eigenvalue weighted by Gasteiger charge is -2.19. The van der Waals surface area contributed by atoms with Crippen molar-refractivity contribution in [3.63, 3.8) is 0 Å². The molecule has 0 bridgehead atoms. The Labute approximate surface area is 163 Å². The van der Waals surface area contributed by atoms with Crippen LogP contribution in [0.4, 0.5) is 4.39 Å². The number of halogens is 1. The van der Waals surface area contributed by atoms with Gasteiger partial charge in [0.15, 0.2) is 0 Å². The van der Waals surface area contributed by atoms with Crippen molar-refractivity contribution < 1.29 is 4.39 Å². The molecule has 0 aliphatic heterocycles. The van der Waals surface area contributed by atoms with Crippen molar-refractivity contribution in [1.29, 1.82) is 0 Å². The number of nitrogens with zero attached hydrogens (tertiary/aromatic N) is 2. The highest BCUT2D eigenvalue weighted by Crippen LogP contribution is 2.27. The molecule has 0 aliphatic rings. The number of H-pyrrole nitrogens is 1. The van der Waals surface area contributed by atoms with Crippen LogP contribution in [-0.2, 0) is 6.54 Å². The van der Waals surface area contributed by atoms with Gasteiger partial charge in [-0.1, -0.05) is 32.0 Å². The number of aromatic nitrogens is 2. The van der Waals surface area contributed by atoms with E-state index in [9.17, 15) is 9.18 Å². The normalized spacial score (nSPS) is 11.7. The summed E-state index contributed by atoms with van der Waals surface area (Å²) in [5.41, 5.74) is 3.44. The van der Waals surface area contributed by atoms with E-state index in [4.69, 9.17) is 0 Å². The predicted molar refractivity (Wildman–Crippen MR) is 113 cm³/mol. The molecule has 0 unspecified atom stereocenters. The average molecular weight is 377 g/mol. The molecule has 0 saturated carbocycles. The number of para-hydroxylation sites is 1. The molecule has 4 nitrogen and oxygen atoms in total. The molecule has 4 aromatic rings. The molecule has 1 N–H and O–H groups in total. The van der Waals surface area contributed by atoms with Crippen molar-refractivity contribution in [3.8, 4) is 11.3 Å². The van der Waals surface area contributed by atoms with Gasteiger partial charge < -0.3 is 14.5 Å². The first-order valence-corrected chi connectivity index (χ1v) is 9.75. The molecule has 0 amide bonds. The summed E-state index contributed by atoms with van der Waals surface area (Å²) in [6.07, 6.45) is 0. The van der Waals surface area contributed by atoms with Crippen molar-refractivity contribution in [3.05, 3.63) is 70.8 Å². The molecular weight excluding hydrogens is 353 g/mol. The lowest BCUT2D eigenvalue weighted by molar-refractivity contribution is 0.291. The zero-order valence-corrected chi connectivity index (χ0v) is 16.2. The second-order valence-corrected chi connectivity index (χ2v) is 6.98. The minimum absolute atomic E-state index is 0.00506. The molecule has 0 atom stereocenters. The van der Waals surface area contributed by atoms with E-state index in [1.807, 2.05) is 34.9 Å². The van der Waals surface area contributed by atoms with E-state index < -0.39 is 0 Å². The minimum Gasteiger partial charge on any atom is -0.354 e. The van der Waals surface area contributed by atoms with E-state index in [0.29, 0.717) is 11.9 Å². The number of hydrogen-bond donors (Lipinski definition) is 1. The SMILES string of the molecule is CCN(CC)CCn1c(=O)c2cc(-c3ccc(F)cc3)[nH]c2c2ccccc21. The third kappa shape index (κ3) is 3.22. The van der Waals surface area contributed by atoms with Gasteiger partial charge in [-0.2, -0.15) is 0 Å². The first-order chi connectivity index (χ1) is 13.6. The van der Waals surface area contributed by atoms with Gasteiger partial charge in [-0.15, -0.1) is 0 Å². The second-order valence-electron chi connectivity index (χ2n) is 6.98. The van der Waals surface area contributed by atoms with Crippen LogP contribution in [0.25, 0.3) is 33.1 Å². The molecule has 0 aliphatic carbocycles. The van der Waals surface area contributed by atoms with E-state index in [2.05, 4.69) is 23.7 Å². The first kappa shape index (κ1) is 18.4. The number of hydrogen-bond acceptors (Lipinski definition) is 2. The van der Waals surface area contributed by atoms with Gasteiger partial charge in [0.1, 0.15) is 5.82 Å². The molecule has 2 heterocycles. The molecule has 5 heteroatoms. The molecule has 0 radical (unpaired) electrons. The maximum Gasteiger partial charge on any atom is 0.260 e. The Bertz CT molecular complexity index is 1170. The highest BCUT2D eigenvalue weighted by molar-refractivity contribution is 6.05. The summed E-state index contributed by atoms with van der Waals surface area (Å²) < 4.78 is 15.1. The van der Waals surface area contributed by atoms with Crippen LogP contribution in [0.5, 0.6) is 0 Å². The number of fused-ring (bicyclic) bond motifs is 3. The van der Waals surface area contributed by atoms with Gasteiger partial charge >= 0.3 is 0 Å².